The minimum absolute atomic E-state index is 0. The van der Waals surface area contributed by atoms with Crippen LogP contribution in [0.2, 0.25) is 0 Å². The van der Waals surface area contributed by atoms with Gasteiger partial charge in [-0.2, -0.15) is 0 Å². The van der Waals surface area contributed by atoms with E-state index in [1.807, 2.05) is 0 Å². The number of aliphatic carboxylic acids is 2. The SMILES string of the molecule is CC(C)(C)CCCCCC(=O)O.CC(C)CCCCCC(=O)O.[Mn]. The summed E-state index contributed by atoms with van der Waals surface area (Å²) in [6, 6.07) is 0. The van der Waals surface area contributed by atoms with E-state index in [-0.39, 0.29) is 17.1 Å². The molecule has 0 spiro atoms. The Morgan fingerprint density at radius 1 is 0.792 bits per heavy atom. The Kier molecular flexibility index (Phi) is 20.4. The van der Waals surface area contributed by atoms with Crippen molar-refractivity contribution in [3.63, 3.8) is 0 Å². The number of carbonyl (C=O) groups is 2. The number of unbranched alkanes of at least 4 members (excludes halogenated alkanes) is 4. The van der Waals surface area contributed by atoms with Gasteiger partial charge in [-0.05, 0) is 30.6 Å². The third-order valence-electron chi connectivity index (χ3n) is 3.49. The molecule has 0 fully saturated rings. The summed E-state index contributed by atoms with van der Waals surface area (Å²) in [6.45, 7) is 11.0. The van der Waals surface area contributed by atoms with Gasteiger partial charge in [-0.1, -0.05) is 66.7 Å². The van der Waals surface area contributed by atoms with Gasteiger partial charge in [0, 0.05) is 29.9 Å². The minimum atomic E-state index is -0.675. The summed E-state index contributed by atoms with van der Waals surface area (Å²) in [5, 5.41) is 16.7. The summed E-state index contributed by atoms with van der Waals surface area (Å²) in [7, 11) is 0. The quantitative estimate of drug-likeness (QED) is 0.351. The van der Waals surface area contributed by atoms with E-state index in [4.69, 9.17) is 10.2 Å². The maximum absolute atomic E-state index is 10.2. The summed E-state index contributed by atoms with van der Waals surface area (Å²) < 4.78 is 0. The number of carboxylic acid groups (broad SMARTS) is 2. The Labute approximate surface area is 159 Å². The van der Waals surface area contributed by atoms with Crippen LogP contribution < -0.4 is 0 Å². The van der Waals surface area contributed by atoms with E-state index in [1.54, 1.807) is 0 Å². The Bertz CT molecular complexity index is 309. The summed E-state index contributed by atoms with van der Waals surface area (Å²) in [5.41, 5.74) is 0.392. The molecule has 0 heterocycles. The smallest absolute Gasteiger partial charge is 0.303 e. The van der Waals surface area contributed by atoms with Crippen LogP contribution in [0.4, 0.5) is 0 Å². The topological polar surface area (TPSA) is 74.6 Å². The Hall–Kier alpha value is -0.541. The van der Waals surface area contributed by atoms with Crippen LogP contribution in [0.1, 0.15) is 98.8 Å². The van der Waals surface area contributed by atoms with E-state index >= 15 is 0 Å². The molecular weight excluding hydrogens is 347 g/mol. The zero-order valence-corrected chi connectivity index (χ0v) is 17.4. The van der Waals surface area contributed by atoms with Crippen LogP contribution in [0, 0.1) is 11.3 Å². The van der Waals surface area contributed by atoms with E-state index in [0.717, 1.165) is 38.0 Å². The van der Waals surface area contributed by atoms with Gasteiger partial charge in [0.1, 0.15) is 0 Å². The van der Waals surface area contributed by atoms with Crippen LogP contribution >= 0.6 is 0 Å². The zero-order chi connectivity index (χ0) is 18.3. The third-order valence-corrected chi connectivity index (χ3v) is 3.49. The van der Waals surface area contributed by atoms with Gasteiger partial charge in [-0.15, -0.1) is 0 Å². The number of rotatable bonds is 11. The second-order valence-electron chi connectivity index (χ2n) is 7.90. The van der Waals surface area contributed by atoms with Gasteiger partial charge in [0.25, 0.3) is 0 Å². The fraction of sp³-hybridized carbons (Fsp3) is 0.895. The first-order valence-electron chi connectivity index (χ1n) is 8.98. The van der Waals surface area contributed by atoms with E-state index < -0.39 is 11.9 Å². The molecule has 0 aromatic carbocycles. The molecule has 0 aliphatic rings. The fourth-order valence-corrected chi connectivity index (χ4v) is 2.11. The van der Waals surface area contributed by atoms with Crippen molar-refractivity contribution in [1.82, 2.24) is 0 Å². The molecule has 0 bridgehead atoms. The van der Waals surface area contributed by atoms with Crippen molar-refractivity contribution in [2.45, 2.75) is 98.8 Å². The molecule has 0 rings (SSSR count). The van der Waals surface area contributed by atoms with E-state index in [0.29, 0.717) is 18.3 Å². The van der Waals surface area contributed by atoms with Gasteiger partial charge >= 0.3 is 11.9 Å². The molecule has 0 saturated carbocycles. The van der Waals surface area contributed by atoms with Crippen LogP contribution in [0.25, 0.3) is 0 Å². The van der Waals surface area contributed by atoms with Crippen LogP contribution in [0.3, 0.4) is 0 Å². The van der Waals surface area contributed by atoms with Crippen molar-refractivity contribution in [1.29, 1.82) is 0 Å². The Morgan fingerprint density at radius 2 is 1.21 bits per heavy atom. The number of hydrogen-bond donors (Lipinski definition) is 2. The predicted molar refractivity (Wildman–Crippen MR) is 95.7 cm³/mol. The summed E-state index contributed by atoms with van der Waals surface area (Å²) in [4.78, 5) is 20.3. The maximum Gasteiger partial charge on any atom is 0.303 e. The van der Waals surface area contributed by atoms with Crippen molar-refractivity contribution >= 4 is 11.9 Å². The van der Waals surface area contributed by atoms with E-state index in [2.05, 4.69) is 34.6 Å². The Balaban J connectivity index is -0.000000354. The zero-order valence-electron chi connectivity index (χ0n) is 16.2. The molecule has 0 saturated heterocycles. The molecule has 145 valence electrons. The third kappa shape index (κ3) is 33.2. The molecule has 0 aromatic heterocycles. The predicted octanol–water partition coefficient (Wildman–Crippen LogP) is 5.74. The molecule has 4 nitrogen and oxygen atoms in total. The Morgan fingerprint density at radius 3 is 1.54 bits per heavy atom. The molecule has 0 aromatic rings. The van der Waals surface area contributed by atoms with E-state index in [9.17, 15) is 9.59 Å². The summed E-state index contributed by atoms with van der Waals surface area (Å²) >= 11 is 0. The monoisotopic (exact) mass is 385 g/mol. The van der Waals surface area contributed by atoms with Gasteiger partial charge in [-0.3, -0.25) is 9.59 Å². The van der Waals surface area contributed by atoms with Gasteiger partial charge in [0.05, 0.1) is 0 Å². The second kappa shape index (κ2) is 17.3. The van der Waals surface area contributed by atoms with Crippen molar-refractivity contribution in [2.75, 3.05) is 0 Å². The first kappa shape index (κ1) is 28.3. The van der Waals surface area contributed by atoms with Crippen LogP contribution in [0.15, 0.2) is 0 Å². The molecule has 1 radical (unpaired) electrons. The van der Waals surface area contributed by atoms with Crippen LogP contribution in [-0.4, -0.2) is 22.2 Å². The van der Waals surface area contributed by atoms with Crippen molar-refractivity contribution < 1.29 is 36.9 Å². The van der Waals surface area contributed by atoms with Crippen molar-refractivity contribution in [3.05, 3.63) is 0 Å². The van der Waals surface area contributed by atoms with Gasteiger partial charge in [0.15, 0.2) is 0 Å². The minimum Gasteiger partial charge on any atom is -0.481 e. The maximum atomic E-state index is 10.2. The van der Waals surface area contributed by atoms with Gasteiger partial charge in [-0.25, -0.2) is 0 Å². The van der Waals surface area contributed by atoms with E-state index in [1.165, 1.54) is 19.3 Å². The second-order valence-corrected chi connectivity index (χ2v) is 7.90. The van der Waals surface area contributed by atoms with Gasteiger partial charge in [0.2, 0.25) is 0 Å². The molecule has 0 aliphatic carbocycles. The van der Waals surface area contributed by atoms with Crippen molar-refractivity contribution in [2.24, 2.45) is 11.3 Å². The molecular formula is C19H38MnO4. The average Bonchev–Trinajstić information content (AvgIpc) is 2.36. The fourth-order valence-electron chi connectivity index (χ4n) is 2.11. The largest absolute Gasteiger partial charge is 0.481 e. The molecule has 0 amide bonds. The first-order valence-corrected chi connectivity index (χ1v) is 8.98. The standard InChI is InChI=1S/C10H20O2.C9H18O2.Mn/c1-10(2,3)8-6-4-5-7-9(11)12;1-8(2)6-4-3-5-7-9(10)11;/h4-8H2,1-3H3,(H,11,12);8H,3-7H2,1-2H3,(H,10,11);. The van der Waals surface area contributed by atoms with Crippen LogP contribution in [-0.2, 0) is 26.7 Å². The van der Waals surface area contributed by atoms with Gasteiger partial charge < -0.3 is 10.2 Å². The molecule has 24 heavy (non-hydrogen) atoms. The summed E-state index contributed by atoms with van der Waals surface area (Å²) in [6.07, 6.45) is 9.15. The van der Waals surface area contributed by atoms with Crippen LogP contribution in [0.5, 0.6) is 0 Å². The summed E-state index contributed by atoms with van der Waals surface area (Å²) in [5.74, 6) is -0.597. The first-order chi connectivity index (χ1) is 10.5. The molecule has 5 heteroatoms. The normalized spacial score (nSPS) is 10.6. The number of hydrogen-bond acceptors (Lipinski definition) is 2. The van der Waals surface area contributed by atoms with Crippen molar-refractivity contribution in [3.8, 4) is 0 Å². The molecule has 0 unspecified atom stereocenters. The number of carboxylic acids is 2. The molecule has 0 atom stereocenters. The molecule has 2 N–H and O–H groups in total. The molecule has 0 aliphatic heterocycles. The average molecular weight is 385 g/mol.